The molecule has 1 aliphatic rings. The average molecular weight is 213 g/mol. The van der Waals surface area contributed by atoms with Gasteiger partial charge in [0.1, 0.15) is 0 Å². The minimum Gasteiger partial charge on any atom is -0.377 e. The zero-order chi connectivity index (χ0) is 9.26. The Balaban J connectivity index is 0.000000980. The zero-order valence-electron chi connectivity index (χ0n) is 8.75. The summed E-state index contributed by atoms with van der Waals surface area (Å²) in [4.78, 5) is 0. The van der Waals surface area contributed by atoms with Crippen LogP contribution in [-0.4, -0.2) is 7.11 Å². The van der Waals surface area contributed by atoms with Crippen molar-refractivity contribution in [3.8, 4) is 0 Å². The summed E-state index contributed by atoms with van der Waals surface area (Å²) in [6.07, 6.45) is 3.99. The predicted molar refractivity (Wildman–Crippen MR) is 61.1 cm³/mol. The molecule has 78 valence electrons. The van der Waals surface area contributed by atoms with Crippen molar-refractivity contribution in [2.75, 3.05) is 7.11 Å². The molecule has 1 nitrogen and oxygen atoms in total. The normalized spacial score (nSPS) is 19.7. The third kappa shape index (κ3) is 2.10. The number of ether oxygens (including phenoxy) is 1. The van der Waals surface area contributed by atoms with Gasteiger partial charge in [-0.1, -0.05) is 23.8 Å². The number of benzene rings is 1. The van der Waals surface area contributed by atoms with Crippen molar-refractivity contribution in [1.82, 2.24) is 0 Å². The fraction of sp³-hybridized carbons (Fsp3) is 0.500. The summed E-state index contributed by atoms with van der Waals surface area (Å²) in [5.74, 6) is 0. The van der Waals surface area contributed by atoms with Gasteiger partial charge >= 0.3 is 0 Å². The Kier molecular flexibility index (Phi) is 3.97. The molecule has 0 aliphatic heterocycles. The lowest BCUT2D eigenvalue weighted by atomic mass is 9.88. The van der Waals surface area contributed by atoms with Crippen LogP contribution in [0.2, 0.25) is 0 Å². The summed E-state index contributed by atoms with van der Waals surface area (Å²) < 4.78 is 5.47. The second kappa shape index (κ2) is 4.81. The Bertz CT molecular complexity index is 309. The molecule has 1 aromatic rings. The van der Waals surface area contributed by atoms with E-state index in [2.05, 4.69) is 25.1 Å². The number of halogens is 1. The van der Waals surface area contributed by atoms with E-state index < -0.39 is 0 Å². The second-order valence-corrected chi connectivity index (χ2v) is 3.82. The standard InChI is InChI=1S/C12H16O.ClH/c1-9-6-7-10-4-3-5-12(13-2)11(10)8-9;/h6-8,12H,3-5H2,1-2H3;1H. The van der Waals surface area contributed by atoms with Crippen molar-refractivity contribution in [2.24, 2.45) is 0 Å². The Labute approximate surface area is 91.9 Å². The van der Waals surface area contributed by atoms with Crippen LogP contribution >= 0.6 is 12.4 Å². The minimum atomic E-state index is 0. The number of hydrogen-bond donors (Lipinski definition) is 0. The van der Waals surface area contributed by atoms with E-state index in [4.69, 9.17) is 4.74 Å². The Morgan fingerprint density at radius 3 is 2.86 bits per heavy atom. The molecule has 0 N–H and O–H groups in total. The van der Waals surface area contributed by atoms with Gasteiger partial charge in [-0.2, -0.15) is 0 Å². The molecule has 1 aromatic carbocycles. The first-order valence-corrected chi connectivity index (χ1v) is 4.93. The highest BCUT2D eigenvalue weighted by molar-refractivity contribution is 5.85. The van der Waals surface area contributed by atoms with Gasteiger partial charge in [0.05, 0.1) is 6.10 Å². The SMILES string of the molecule is COC1CCCc2ccc(C)cc21.Cl. The fourth-order valence-electron chi connectivity index (χ4n) is 2.12. The molecule has 0 saturated carbocycles. The van der Waals surface area contributed by atoms with E-state index in [1.54, 1.807) is 0 Å². The number of rotatable bonds is 1. The quantitative estimate of drug-likeness (QED) is 0.693. The molecular weight excluding hydrogens is 196 g/mol. The summed E-state index contributed by atoms with van der Waals surface area (Å²) in [7, 11) is 1.81. The van der Waals surface area contributed by atoms with Gasteiger partial charge in [-0.05, 0) is 37.3 Å². The van der Waals surface area contributed by atoms with Crippen LogP contribution in [0.3, 0.4) is 0 Å². The molecule has 0 bridgehead atoms. The van der Waals surface area contributed by atoms with E-state index >= 15 is 0 Å². The van der Waals surface area contributed by atoms with Gasteiger partial charge in [-0.25, -0.2) is 0 Å². The average Bonchev–Trinajstić information content (AvgIpc) is 2.17. The molecule has 0 heterocycles. The van der Waals surface area contributed by atoms with Crippen molar-refractivity contribution in [1.29, 1.82) is 0 Å². The highest BCUT2D eigenvalue weighted by atomic mass is 35.5. The van der Waals surface area contributed by atoms with Gasteiger partial charge < -0.3 is 4.74 Å². The topological polar surface area (TPSA) is 9.23 Å². The van der Waals surface area contributed by atoms with Crippen molar-refractivity contribution in [2.45, 2.75) is 32.3 Å². The fourth-order valence-corrected chi connectivity index (χ4v) is 2.12. The van der Waals surface area contributed by atoms with Gasteiger partial charge in [-0.3, -0.25) is 0 Å². The maximum atomic E-state index is 5.47. The molecule has 1 atom stereocenters. The zero-order valence-corrected chi connectivity index (χ0v) is 9.56. The van der Waals surface area contributed by atoms with E-state index in [0.29, 0.717) is 6.10 Å². The number of fused-ring (bicyclic) bond motifs is 1. The van der Waals surface area contributed by atoms with Crippen LogP contribution < -0.4 is 0 Å². The highest BCUT2D eigenvalue weighted by Gasteiger charge is 2.19. The molecule has 0 fully saturated rings. The number of hydrogen-bond acceptors (Lipinski definition) is 1. The van der Waals surface area contributed by atoms with E-state index in [0.717, 1.165) is 0 Å². The van der Waals surface area contributed by atoms with Crippen LogP contribution in [0.4, 0.5) is 0 Å². The summed E-state index contributed by atoms with van der Waals surface area (Å²) in [6, 6.07) is 6.70. The first kappa shape index (κ1) is 11.5. The van der Waals surface area contributed by atoms with Crippen LogP contribution in [0.15, 0.2) is 18.2 Å². The van der Waals surface area contributed by atoms with Crippen molar-refractivity contribution >= 4 is 12.4 Å². The smallest absolute Gasteiger partial charge is 0.0824 e. The molecule has 14 heavy (non-hydrogen) atoms. The predicted octanol–water partition coefficient (Wildman–Crippen LogP) is 3.44. The molecule has 2 rings (SSSR count). The van der Waals surface area contributed by atoms with Gasteiger partial charge in [0.25, 0.3) is 0 Å². The first-order valence-electron chi connectivity index (χ1n) is 4.93. The van der Waals surface area contributed by atoms with E-state index in [1.165, 1.54) is 36.0 Å². The van der Waals surface area contributed by atoms with Crippen molar-refractivity contribution < 1.29 is 4.74 Å². The Hall–Kier alpha value is -0.530. The van der Waals surface area contributed by atoms with Crippen molar-refractivity contribution in [3.63, 3.8) is 0 Å². The summed E-state index contributed by atoms with van der Waals surface area (Å²) in [5, 5.41) is 0. The van der Waals surface area contributed by atoms with E-state index in [-0.39, 0.29) is 12.4 Å². The second-order valence-electron chi connectivity index (χ2n) is 3.82. The summed E-state index contributed by atoms with van der Waals surface area (Å²) >= 11 is 0. The maximum Gasteiger partial charge on any atom is 0.0824 e. The summed E-state index contributed by atoms with van der Waals surface area (Å²) in [5.41, 5.74) is 4.22. The highest BCUT2D eigenvalue weighted by Crippen LogP contribution is 2.32. The lowest BCUT2D eigenvalue weighted by molar-refractivity contribution is 0.0880. The van der Waals surface area contributed by atoms with Crippen LogP contribution in [0.5, 0.6) is 0 Å². The molecule has 1 aliphatic carbocycles. The molecule has 0 radical (unpaired) electrons. The Morgan fingerprint density at radius 1 is 1.36 bits per heavy atom. The lowest BCUT2D eigenvalue weighted by Gasteiger charge is -2.24. The van der Waals surface area contributed by atoms with E-state index in [9.17, 15) is 0 Å². The van der Waals surface area contributed by atoms with Crippen molar-refractivity contribution in [3.05, 3.63) is 34.9 Å². The lowest BCUT2D eigenvalue weighted by Crippen LogP contribution is -2.11. The first-order chi connectivity index (χ1) is 6.31. The molecule has 0 amide bonds. The molecule has 0 aromatic heterocycles. The number of methoxy groups -OCH3 is 1. The Morgan fingerprint density at radius 2 is 2.14 bits per heavy atom. The summed E-state index contributed by atoms with van der Waals surface area (Å²) in [6.45, 7) is 2.14. The third-order valence-electron chi connectivity index (χ3n) is 2.85. The van der Waals surface area contributed by atoms with Crippen LogP contribution in [0.25, 0.3) is 0 Å². The number of aryl methyl sites for hydroxylation is 2. The van der Waals surface area contributed by atoms with Crippen LogP contribution in [-0.2, 0) is 11.2 Å². The molecule has 0 saturated heterocycles. The molecular formula is C12H17ClO. The maximum absolute atomic E-state index is 5.47. The molecule has 2 heteroatoms. The van der Waals surface area contributed by atoms with Gasteiger partial charge in [0.15, 0.2) is 0 Å². The minimum absolute atomic E-state index is 0. The van der Waals surface area contributed by atoms with Crippen LogP contribution in [0, 0.1) is 6.92 Å². The molecule has 1 unspecified atom stereocenters. The molecule has 0 spiro atoms. The monoisotopic (exact) mass is 212 g/mol. The van der Waals surface area contributed by atoms with Gasteiger partial charge in [0.2, 0.25) is 0 Å². The van der Waals surface area contributed by atoms with Gasteiger partial charge in [-0.15, -0.1) is 12.4 Å². The van der Waals surface area contributed by atoms with Crippen LogP contribution in [0.1, 0.15) is 35.6 Å². The largest absolute Gasteiger partial charge is 0.377 e. The third-order valence-corrected chi connectivity index (χ3v) is 2.85. The van der Waals surface area contributed by atoms with E-state index in [1.807, 2.05) is 7.11 Å². The van der Waals surface area contributed by atoms with Gasteiger partial charge in [0, 0.05) is 7.11 Å².